The van der Waals surface area contributed by atoms with Gasteiger partial charge in [-0.05, 0) is 19.1 Å². The number of nitrogens with zero attached hydrogens (tertiary/aromatic N) is 2. The zero-order valence-corrected chi connectivity index (χ0v) is 13.9. The molecule has 0 radical (unpaired) electrons. The highest BCUT2D eigenvalue weighted by molar-refractivity contribution is 7.98. The number of thioether (sulfide) groups is 1. The highest BCUT2D eigenvalue weighted by Crippen LogP contribution is 2.26. The van der Waals surface area contributed by atoms with Crippen LogP contribution in [-0.2, 0) is 5.75 Å². The number of H-pyrrole nitrogens is 1. The van der Waals surface area contributed by atoms with Gasteiger partial charge in [-0.25, -0.2) is 18.3 Å². The lowest BCUT2D eigenvalue weighted by Gasteiger charge is -2.03. The van der Waals surface area contributed by atoms with Crippen LogP contribution in [0, 0.1) is 18.6 Å². The van der Waals surface area contributed by atoms with Gasteiger partial charge in [0.25, 0.3) is 5.56 Å². The standard InChI is InChI=1S/C14H11F2N3OS.C2H6/c1-8-5-12-17-9(6-13(20)19(12)18-8)7-21-11-4-2-3-10(15)14(11)16;1-2/h2-6,18H,7H2,1H3;1-2H3. The zero-order chi connectivity index (χ0) is 17.0. The second kappa shape index (κ2) is 7.41. The third-order valence-corrected chi connectivity index (χ3v) is 3.99. The second-order valence-corrected chi connectivity index (χ2v) is 5.58. The van der Waals surface area contributed by atoms with Crippen LogP contribution in [0.4, 0.5) is 8.78 Å². The number of halogens is 2. The maximum atomic E-state index is 13.6. The Hall–Kier alpha value is -2.15. The molecule has 2 aromatic heterocycles. The van der Waals surface area contributed by atoms with E-state index < -0.39 is 11.6 Å². The van der Waals surface area contributed by atoms with E-state index in [4.69, 9.17) is 0 Å². The van der Waals surface area contributed by atoms with E-state index in [1.54, 1.807) is 6.07 Å². The van der Waals surface area contributed by atoms with Crippen LogP contribution >= 0.6 is 11.8 Å². The van der Waals surface area contributed by atoms with Gasteiger partial charge in [-0.1, -0.05) is 19.9 Å². The lowest BCUT2D eigenvalue weighted by molar-refractivity contribution is 0.491. The largest absolute Gasteiger partial charge is 0.294 e. The van der Waals surface area contributed by atoms with Crippen molar-refractivity contribution in [3.05, 3.63) is 63.7 Å². The van der Waals surface area contributed by atoms with Crippen LogP contribution in [0.25, 0.3) is 5.65 Å². The Morgan fingerprint density at radius 2 is 2.00 bits per heavy atom. The summed E-state index contributed by atoms with van der Waals surface area (Å²) in [5.41, 5.74) is 1.62. The van der Waals surface area contributed by atoms with Crippen molar-refractivity contribution in [3.63, 3.8) is 0 Å². The van der Waals surface area contributed by atoms with Crippen LogP contribution in [0.2, 0.25) is 0 Å². The predicted octanol–water partition coefficient (Wildman–Crippen LogP) is 3.93. The van der Waals surface area contributed by atoms with Gasteiger partial charge in [0.2, 0.25) is 0 Å². The van der Waals surface area contributed by atoms with Crippen molar-refractivity contribution in [1.29, 1.82) is 0 Å². The summed E-state index contributed by atoms with van der Waals surface area (Å²) in [5.74, 6) is -1.47. The highest BCUT2D eigenvalue weighted by atomic mass is 32.2. The summed E-state index contributed by atoms with van der Waals surface area (Å²) in [5, 5.41) is 2.87. The van der Waals surface area contributed by atoms with Crippen molar-refractivity contribution in [2.75, 3.05) is 0 Å². The maximum absolute atomic E-state index is 13.6. The van der Waals surface area contributed by atoms with Gasteiger partial charge >= 0.3 is 0 Å². The van der Waals surface area contributed by atoms with Crippen molar-refractivity contribution >= 4 is 17.4 Å². The molecule has 4 nitrogen and oxygen atoms in total. The average molecular weight is 337 g/mol. The summed E-state index contributed by atoms with van der Waals surface area (Å²) in [6.07, 6.45) is 0. The molecule has 0 atom stereocenters. The van der Waals surface area contributed by atoms with Crippen molar-refractivity contribution < 1.29 is 8.78 Å². The molecule has 0 bridgehead atoms. The molecule has 7 heteroatoms. The summed E-state index contributed by atoms with van der Waals surface area (Å²) >= 11 is 1.10. The lowest BCUT2D eigenvalue weighted by atomic mass is 10.3. The summed E-state index contributed by atoms with van der Waals surface area (Å²) in [6.45, 7) is 5.82. The molecule has 1 N–H and O–H groups in total. The third-order valence-electron chi connectivity index (χ3n) is 2.92. The van der Waals surface area contributed by atoms with E-state index in [0.717, 1.165) is 23.5 Å². The summed E-state index contributed by atoms with van der Waals surface area (Å²) < 4.78 is 28.0. The molecule has 0 unspecified atom stereocenters. The van der Waals surface area contributed by atoms with Gasteiger partial charge in [-0.2, -0.15) is 0 Å². The Labute approximate surface area is 136 Å². The highest BCUT2D eigenvalue weighted by Gasteiger charge is 2.10. The van der Waals surface area contributed by atoms with Crippen molar-refractivity contribution in [3.8, 4) is 0 Å². The number of benzene rings is 1. The summed E-state index contributed by atoms with van der Waals surface area (Å²) in [4.78, 5) is 16.4. The topological polar surface area (TPSA) is 50.2 Å². The van der Waals surface area contributed by atoms with Gasteiger partial charge < -0.3 is 0 Å². The molecule has 0 spiro atoms. The minimum absolute atomic E-state index is 0.197. The first-order valence-corrected chi connectivity index (χ1v) is 8.18. The fourth-order valence-corrected chi connectivity index (χ4v) is 2.83. The van der Waals surface area contributed by atoms with E-state index in [2.05, 4.69) is 10.1 Å². The molecule has 0 amide bonds. The van der Waals surface area contributed by atoms with E-state index in [9.17, 15) is 13.6 Å². The first-order chi connectivity index (χ1) is 11.0. The molecular weight excluding hydrogens is 320 g/mol. The van der Waals surface area contributed by atoms with Crippen LogP contribution in [0.1, 0.15) is 25.2 Å². The summed E-state index contributed by atoms with van der Waals surface area (Å²) in [6, 6.07) is 7.14. The molecule has 0 aliphatic rings. The first kappa shape index (κ1) is 17.2. The Kier molecular flexibility index (Phi) is 5.54. The summed E-state index contributed by atoms with van der Waals surface area (Å²) in [7, 11) is 0. The molecule has 1 aromatic carbocycles. The number of aryl methyl sites for hydroxylation is 1. The fourth-order valence-electron chi connectivity index (χ4n) is 1.98. The molecule has 122 valence electrons. The van der Waals surface area contributed by atoms with Gasteiger partial charge in [0, 0.05) is 28.5 Å². The Balaban J connectivity index is 0.000000924. The smallest absolute Gasteiger partial charge is 0.272 e. The Bertz CT molecular complexity index is 873. The van der Waals surface area contributed by atoms with Gasteiger partial charge in [0.15, 0.2) is 17.3 Å². The number of hydrogen-bond acceptors (Lipinski definition) is 3. The number of fused-ring (bicyclic) bond motifs is 1. The minimum Gasteiger partial charge on any atom is -0.294 e. The molecule has 3 rings (SSSR count). The van der Waals surface area contributed by atoms with Crippen molar-refractivity contribution in [2.24, 2.45) is 0 Å². The van der Waals surface area contributed by atoms with Crippen LogP contribution in [-0.4, -0.2) is 14.6 Å². The van der Waals surface area contributed by atoms with Gasteiger partial charge in [0.05, 0.1) is 5.69 Å². The number of rotatable bonds is 3. The van der Waals surface area contributed by atoms with Crippen molar-refractivity contribution in [1.82, 2.24) is 14.6 Å². The van der Waals surface area contributed by atoms with Gasteiger partial charge in [-0.15, -0.1) is 11.8 Å². The van der Waals surface area contributed by atoms with E-state index in [1.165, 1.54) is 22.7 Å². The second-order valence-electron chi connectivity index (χ2n) is 4.56. The molecule has 2 heterocycles. The van der Waals surface area contributed by atoms with Crippen molar-refractivity contribution in [2.45, 2.75) is 31.4 Å². The first-order valence-electron chi connectivity index (χ1n) is 7.20. The van der Waals surface area contributed by atoms with E-state index in [1.807, 2.05) is 20.8 Å². The molecule has 23 heavy (non-hydrogen) atoms. The number of aromatic amines is 1. The molecule has 0 fully saturated rings. The van der Waals surface area contributed by atoms with Crippen LogP contribution in [0.15, 0.2) is 40.0 Å². The van der Waals surface area contributed by atoms with E-state index in [0.29, 0.717) is 11.3 Å². The molecular formula is C16H17F2N3OS. The van der Waals surface area contributed by atoms with Gasteiger partial charge in [0.1, 0.15) is 0 Å². The van der Waals surface area contributed by atoms with E-state index in [-0.39, 0.29) is 16.2 Å². The lowest BCUT2D eigenvalue weighted by Crippen LogP contribution is -2.15. The molecule has 0 saturated heterocycles. The SMILES string of the molecule is CC.Cc1cc2nc(CSc3cccc(F)c3F)cc(=O)n2[nH]1. The zero-order valence-electron chi connectivity index (χ0n) is 13.1. The fraction of sp³-hybridized carbons (Fsp3) is 0.250. The number of nitrogens with one attached hydrogen (secondary N) is 1. The predicted molar refractivity (Wildman–Crippen MR) is 87.8 cm³/mol. The quantitative estimate of drug-likeness (QED) is 0.737. The number of aromatic nitrogens is 3. The molecule has 0 aliphatic heterocycles. The third kappa shape index (κ3) is 3.79. The van der Waals surface area contributed by atoms with Crippen LogP contribution in [0.5, 0.6) is 0 Å². The number of hydrogen-bond donors (Lipinski definition) is 1. The monoisotopic (exact) mass is 337 g/mol. The average Bonchev–Trinajstić information content (AvgIpc) is 2.92. The molecule has 3 aromatic rings. The van der Waals surface area contributed by atoms with Crippen LogP contribution in [0.3, 0.4) is 0 Å². The van der Waals surface area contributed by atoms with Gasteiger partial charge in [-0.3, -0.25) is 9.89 Å². The Morgan fingerprint density at radius 1 is 1.26 bits per heavy atom. The molecule has 0 aliphatic carbocycles. The molecule has 0 saturated carbocycles. The maximum Gasteiger partial charge on any atom is 0.272 e. The Morgan fingerprint density at radius 3 is 2.74 bits per heavy atom. The minimum atomic E-state index is -0.884. The van der Waals surface area contributed by atoms with Crippen LogP contribution < -0.4 is 5.56 Å². The van der Waals surface area contributed by atoms with E-state index >= 15 is 0 Å². The normalized spacial score (nSPS) is 10.5.